The van der Waals surface area contributed by atoms with Crippen molar-refractivity contribution in [2.24, 2.45) is 0 Å². The van der Waals surface area contributed by atoms with Crippen molar-refractivity contribution in [2.45, 2.75) is 13.1 Å². The van der Waals surface area contributed by atoms with Gasteiger partial charge in [0.1, 0.15) is 0 Å². The summed E-state index contributed by atoms with van der Waals surface area (Å²) in [5.74, 6) is 0. The Morgan fingerprint density at radius 1 is 1.05 bits per heavy atom. The van der Waals surface area contributed by atoms with E-state index in [1.807, 2.05) is 27.8 Å². The van der Waals surface area contributed by atoms with Gasteiger partial charge in [0.05, 0.1) is 18.4 Å². The summed E-state index contributed by atoms with van der Waals surface area (Å²) in [5.41, 5.74) is 2.32. The highest BCUT2D eigenvalue weighted by atomic mass is 15.4. The van der Waals surface area contributed by atoms with E-state index in [0.717, 1.165) is 25.3 Å². The summed E-state index contributed by atoms with van der Waals surface area (Å²) < 4.78 is 3.66. The van der Waals surface area contributed by atoms with Crippen LogP contribution in [0.2, 0.25) is 0 Å². The summed E-state index contributed by atoms with van der Waals surface area (Å²) in [5, 5.41) is 15.3. The molecule has 0 radical (unpaired) electrons. The molecule has 3 rings (SSSR count). The number of aromatic nitrogens is 5. The molecule has 102 valence electrons. The third-order valence-corrected chi connectivity index (χ3v) is 3.02. The summed E-state index contributed by atoms with van der Waals surface area (Å²) in [6.45, 7) is 2.53. The van der Waals surface area contributed by atoms with Crippen molar-refractivity contribution in [3.63, 3.8) is 0 Å². The van der Waals surface area contributed by atoms with Gasteiger partial charge in [-0.3, -0.25) is 4.68 Å². The van der Waals surface area contributed by atoms with Crippen molar-refractivity contribution < 1.29 is 0 Å². The maximum Gasteiger partial charge on any atom is 0.0692 e. The van der Waals surface area contributed by atoms with E-state index in [0.29, 0.717) is 0 Å². The Hall–Kier alpha value is -2.47. The van der Waals surface area contributed by atoms with Gasteiger partial charge in [-0.1, -0.05) is 17.3 Å². The Kier molecular flexibility index (Phi) is 3.84. The monoisotopic (exact) mass is 268 g/mol. The highest BCUT2D eigenvalue weighted by Gasteiger charge is 1.97. The zero-order valence-corrected chi connectivity index (χ0v) is 11.1. The van der Waals surface area contributed by atoms with Crippen molar-refractivity contribution >= 4 is 0 Å². The van der Waals surface area contributed by atoms with E-state index in [2.05, 4.69) is 45.0 Å². The summed E-state index contributed by atoms with van der Waals surface area (Å²) in [6, 6.07) is 10.3. The molecule has 0 unspecified atom stereocenters. The molecule has 0 fully saturated rings. The molecule has 6 heteroatoms. The Labute approximate surface area is 117 Å². The van der Waals surface area contributed by atoms with Crippen molar-refractivity contribution in [1.29, 1.82) is 0 Å². The van der Waals surface area contributed by atoms with Crippen LogP contribution in [0, 0.1) is 0 Å². The molecule has 3 aromatic rings. The SMILES string of the molecule is c1cnn(-c2ccc(CNCCn3ccnn3)cc2)c1. The van der Waals surface area contributed by atoms with Gasteiger partial charge in [-0.25, -0.2) is 4.68 Å². The summed E-state index contributed by atoms with van der Waals surface area (Å²) in [7, 11) is 0. The normalized spacial score (nSPS) is 10.8. The second-order valence-corrected chi connectivity index (χ2v) is 4.46. The van der Waals surface area contributed by atoms with E-state index < -0.39 is 0 Å². The number of nitrogens with one attached hydrogen (secondary N) is 1. The molecule has 2 heterocycles. The lowest BCUT2D eigenvalue weighted by Gasteiger charge is -2.06. The summed E-state index contributed by atoms with van der Waals surface area (Å²) in [6.07, 6.45) is 7.26. The molecule has 0 saturated heterocycles. The van der Waals surface area contributed by atoms with E-state index in [1.165, 1.54) is 5.56 Å². The van der Waals surface area contributed by atoms with Gasteiger partial charge in [0.25, 0.3) is 0 Å². The third kappa shape index (κ3) is 3.10. The van der Waals surface area contributed by atoms with Gasteiger partial charge in [0, 0.05) is 31.7 Å². The molecular formula is C14H16N6. The first-order chi connectivity index (χ1) is 9.92. The molecule has 6 nitrogen and oxygen atoms in total. The predicted octanol–water partition coefficient (Wildman–Crippen LogP) is 1.25. The standard InChI is InChI=1S/C14H16N6/c1-6-17-20(9-1)14-4-2-13(3-5-14)12-15-7-10-19-11-8-16-18-19/h1-6,8-9,11,15H,7,10,12H2. The first-order valence-corrected chi connectivity index (χ1v) is 6.55. The lowest BCUT2D eigenvalue weighted by atomic mass is 10.2. The van der Waals surface area contributed by atoms with E-state index in [-0.39, 0.29) is 0 Å². The van der Waals surface area contributed by atoms with Gasteiger partial charge in [-0.15, -0.1) is 5.10 Å². The fourth-order valence-electron chi connectivity index (χ4n) is 1.97. The Bertz CT molecular complexity index is 612. The molecule has 2 aromatic heterocycles. The van der Waals surface area contributed by atoms with Crippen LogP contribution < -0.4 is 5.32 Å². The fourth-order valence-corrected chi connectivity index (χ4v) is 1.97. The minimum atomic E-state index is 0.825. The molecule has 0 atom stereocenters. The topological polar surface area (TPSA) is 60.6 Å². The van der Waals surface area contributed by atoms with Gasteiger partial charge < -0.3 is 5.32 Å². The Morgan fingerprint density at radius 2 is 1.95 bits per heavy atom. The second kappa shape index (κ2) is 6.12. The molecular weight excluding hydrogens is 252 g/mol. The lowest BCUT2D eigenvalue weighted by molar-refractivity contribution is 0.540. The minimum absolute atomic E-state index is 0.825. The highest BCUT2D eigenvalue weighted by molar-refractivity contribution is 5.33. The molecule has 20 heavy (non-hydrogen) atoms. The first-order valence-electron chi connectivity index (χ1n) is 6.55. The smallest absolute Gasteiger partial charge is 0.0692 e. The quantitative estimate of drug-likeness (QED) is 0.684. The fraction of sp³-hybridized carbons (Fsp3) is 0.214. The van der Waals surface area contributed by atoms with Gasteiger partial charge >= 0.3 is 0 Å². The van der Waals surface area contributed by atoms with Crippen molar-refractivity contribution in [3.05, 3.63) is 60.7 Å². The average molecular weight is 268 g/mol. The van der Waals surface area contributed by atoms with Crippen LogP contribution in [0.5, 0.6) is 0 Å². The highest BCUT2D eigenvalue weighted by Crippen LogP contribution is 2.08. The number of rotatable bonds is 6. The van der Waals surface area contributed by atoms with Crippen LogP contribution in [0.25, 0.3) is 5.69 Å². The molecule has 0 spiro atoms. The molecule has 0 saturated carbocycles. The molecule has 0 aliphatic rings. The predicted molar refractivity (Wildman–Crippen MR) is 75.3 cm³/mol. The second-order valence-electron chi connectivity index (χ2n) is 4.46. The van der Waals surface area contributed by atoms with E-state index in [4.69, 9.17) is 0 Å². The van der Waals surface area contributed by atoms with Gasteiger partial charge in [-0.2, -0.15) is 5.10 Å². The summed E-state index contributed by atoms with van der Waals surface area (Å²) >= 11 is 0. The maximum atomic E-state index is 4.21. The molecule has 0 aliphatic heterocycles. The van der Waals surface area contributed by atoms with Crippen molar-refractivity contribution in [2.75, 3.05) is 6.54 Å². The third-order valence-electron chi connectivity index (χ3n) is 3.02. The summed E-state index contributed by atoms with van der Waals surface area (Å²) in [4.78, 5) is 0. The molecule has 1 N–H and O–H groups in total. The number of hydrogen-bond acceptors (Lipinski definition) is 4. The Balaban J connectivity index is 1.48. The van der Waals surface area contributed by atoms with Crippen molar-refractivity contribution in [3.8, 4) is 5.69 Å². The molecule has 1 aromatic carbocycles. The maximum absolute atomic E-state index is 4.21. The van der Waals surface area contributed by atoms with Crippen LogP contribution in [0.15, 0.2) is 55.1 Å². The number of hydrogen-bond donors (Lipinski definition) is 1. The van der Waals surface area contributed by atoms with Gasteiger partial charge in [0.2, 0.25) is 0 Å². The number of benzene rings is 1. The van der Waals surface area contributed by atoms with Crippen LogP contribution >= 0.6 is 0 Å². The molecule has 0 bridgehead atoms. The van der Waals surface area contributed by atoms with E-state index >= 15 is 0 Å². The van der Waals surface area contributed by atoms with Crippen LogP contribution in [-0.2, 0) is 13.1 Å². The van der Waals surface area contributed by atoms with Crippen molar-refractivity contribution in [1.82, 2.24) is 30.1 Å². The average Bonchev–Trinajstić information content (AvgIpc) is 3.17. The van der Waals surface area contributed by atoms with E-state index in [1.54, 1.807) is 12.4 Å². The largest absolute Gasteiger partial charge is 0.311 e. The first kappa shape index (κ1) is 12.6. The van der Waals surface area contributed by atoms with Gasteiger partial charge in [0.15, 0.2) is 0 Å². The lowest BCUT2D eigenvalue weighted by Crippen LogP contribution is -2.19. The van der Waals surface area contributed by atoms with E-state index in [9.17, 15) is 0 Å². The zero-order valence-electron chi connectivity index (χ0n) is 11.1. The molecule has 0 aliphatic carbocycles. The van der Waals surface area contributed by atoms with Crippen LogP contribution in [0.1, 0.15) is 5.56 Å². The van der Waals surface area contributed by atoms with Crippen LogP contribution in [-0.4, -0.2) is 31.3 Å². The van der Waals surface area contributed by atoms with Crippen LogP contribution in [0.4, 0.5) is 0 Å². The minimum Gasteiger partial charge on any atom is -0.311 e. The van der Waals surface area contributed by atoms with Crippen LogP contribution in [0.3, 0.4) is 0 Å². The van der Waals surface area contributed by atoms with Gasteiger partial charge in [-0.05, 0) is 23.8 Å². The zero-order chi connectivity index (χ0) is 13.6. The Morgan fingerprint density at radius 3 is 2.65 bits per heavy atom. The molecule has 0 amide bonds. The number of nitrogens with zero attached hydrogens (tertiary/aromatic N) is 5.